The molecule has 0 saturated carbocycles. The summed E-state index contributed by atoms with van der Waals surface area (Å²) in [6.07, 6.45) is 2.52. The van der Waals surface area contributed by atoms with Gasteiger partial charge in [-0.2, -0.15) is 0 Å². The van der Waals surface area contributed by atoms with Gasteiger partial charge in [-0.1, -0.05) is 0 Å². The summed E-state index contributed by atoms with van der Waals surface area (Å²) in [5.41, 5.74) is 6.21. The fourth-order valence-electron chi connectivity index (χ4n) is 1.76. The van der Waals surface area contributed by atoms with Crippen molar-refractivity contribution in [1.82, 2.24) is 4.98 Å². The van der Waals surface area contributed by atoms with Gasteiger partial charge in [0.15, 0.2) is 0 Å². The number of amides is 1. The van der Waals surface area contributed by atoms with E-state index in [2.05, 4.69) is 17.2 Å². The SMILES string of the molecule is CC1(Nc2ccnc(C(N)=O)c2)CCOC1. The van der Waals surface area contributed by atoms with Gasteiger partial charge in [-0.15, -0.1) is 0 Å². The Kier molecular flexibility index (Phi) is 2.78. The average molecular weight is 221 g/mol. The van der Waals surface area contributed by atoms with E-state index in [1.807, 2.05) is 6.07 Å². The normalized spacial score (nSPS) is 24.3. The zero-order valence-electron chi connectivity index (χ0n) is 9.19. The molecule has 1 fully saturated rings. The smallest absolute Gasteiger partial charge is 0.267 e. The van der Waals surface area contributed by atoms with Gasteiger partial charge in [0.25, 0.3) is 5.91 Å². The maximum absolute atomic E-state index is 11.0. The summed E-state index contributed by atoms with van der Waals surface area (Å²) in [6.45, 7) is 3.52. The van der Waals surface area contributed by atoms with Crippen molar-refractivity contribution in [3.8, 4) is 0 Å². The summed E-state index contributed by atoms with van der Waals surface area (Å²) >= 11 is 0. The molecule has 0 bridgehead atoms. The van der Waals surface area contributed by atoms with Crippen LogP contribution in [-0.4, -0.2) is 29.6 Å². The van der Waals surface area contributed by atoms with Gasteiger partial charge >= 0.3 is 0 Å². The van der Waals surface area contributed by atoms with Crippen LogP contribution >= 0.6 is 0 Å². The van der Waals surface area contributed by atoms with Crippen LogP contribution in [0.25, 0.3) is 0 Å². The number of rotatable bonds is 3. The van der Waals surface area contributed by atoms with Crippen molar-refractivity contribution < 1.29 is 9.53 Å². The molecule has 5 nitrogen and oxygen atoms in total. The quantitative estimate of drug-likeness (QED) is 0.790. The number of nitrogens with zero attached hydrogens (tertiary/aromatic N) is 1. The average Bonchev–Trinajstić information content (AvgIpc) is 2.65. The first-order valence-electron chi connectivity index (χ1n) is 5.21. The molecule has 2 heterocycles. The summed E-state index contributed by atoms with van der Waals surface area (Å²) in [7, 11) is 0. The second kappa shape index (κ2) is 4.09. The molecule has 1 atom stereocenters. The van der Waals surface area contributed by atoms with E-state index >= 15 is 0 Å². The highest BCUT2D eigenvalue weighted by Gasteiger charge is 2.29. The zero-order chi connectivity index (χ0) is 11.6. The number of carbonyl (C=O) groups is 1. The third-order valence-corrected chi connectivity index (χ3v) is 2.68. The second-order valence-electron chi connectivity index (χ2n) is 4.28. The number of nitrogens with one attached hydrogen (secondary N) is 1. The Labute approximate surface area is 94.0 Å². The van der Waals surface area contributed by atoms with Crippen LogP contribution in [0.15, 0.2) is 18.3 Å². The Bertz CT molecular complexity index is 400. The van der Waals surface area contributed by atoms with Gasteiger partial charge in [0, 0.05) is 18.5 Å². The fraction of sp³-hybridized carbons (Fsp3) is 0.455. The minimum atomic E-state index is -0.517. The van der Waals surface area contributed by atoms with Crippen LogP contribution in [-0.2, 0) is 4.74 Å². The summed E-state index contributed by atoms with van der Waals surface area (Å²) in [5.74, 6) is -0.517. The molecular formula is C11H15N3O2. The van der Waals surface area contributed by atoms with Gasteiger partial charge in [-0.3, -0.25) is 9.78 Å². The third-order valence-electron chi connectivity index (χ3n) is 2.68. The van der Waals surface area contributed by atoms with E-state index in [-0.39, 0.29) is 11.2 Å². The molecule has 0 radical (unpaired) electrons. The molecule has 0 aromatic carbocycles. The number of hydrogen-bond acceptors (Lipinski definition) is 4. The Balaban J connectivity index is 2.15. The molecule has 0 spiro atoms. The van der Waals surface area contributed by atoms with Crippen LogP contribution in [0.2, 0.25) is 0 Å². The lowest BCUT2D eigenvalue weighted by Crippen LogP contribution is -2.35. The molecule has 0 aliphatic carbocycles. The summed E-state index contributed by atoms with van der Waals surface area (Å²) in [6, 6.07) is 3.47. The van der Waals surface area contributed by atoms with Crippen LogP contribution in [0, 0.1) is 0 Å². The molecule has 1 unspecified atom stereocenters. The van der Waals surface area contributed by atoms with Crippen molar-refractivity contribution in [3.05, 3.63) is 24.0 Å². The lowest BCUT2D eigenvalue weighted by Gasteiger charge is -2.24. The first-order chi connectivity index (χ1) is 7.59. The van der Waals surface area contributed by atoms with Crippen LogP contribution in [0.4, 0.5) is 5.69 Å². The lowest BCUT2D eigenvalue weighted by atomic mass is 10.0. The van der Waals surface area contributed by atoms with E-state index < -0.39 is 5.91 Å². The largest absolute Gasteiger partial charge is 0.379 e. The molecule has 3 N–H and O–H groups in total. The Hall–Kier alpha value is -1.62. The Morgan fingerprint density at radius 2 is 2.50 bits per heavy atom. The van der Waals surface area contributed by atoms with Crippen LogP contribution in [0.5, 0.6) is 0 Å². The maximum atomic E-state index is 11.0. The number of nitrogens with two attached hydrogens (primary N) is 1. The van der Waals surface area contributed by atoms with E-state index in [0.29, 0.717) is 6.61 Å². The highest BCUT2D eigenvalue weighted by Crippen LogP contribution is 2.23. The lowest BCUT2D eigenvalue weighted by molar-refractivity contribution is 0.0995. The standard InChI is InChI=1S/C11H15N3O2/c1-11(3-5-16-7-11)14-8-2-4-13-9(6-8)10(12)15/h2,4,6H,3,5,7H2,1H3,(H2,12,15)(H,13,14). The minimum Gasteiger partial charge on any atom is -0.379 e. The topological polar surface area (TPSA) is 77.2 Å². The monoisotopic (exact) mass is 221 g/mol. The van der Waals surface area contributed by atoms with Crippen LogP contribution in [0.3, 0.4) is 0 Å². The highest BCUT2D eigenvalue weighted by atomic mass is 16.5. The predicted molar refractivity (Wildman–Crippen MR) is 60.2 cm³/mol. The van der Waals surface area contributed by atoms with Crippen LogP contribution in [0.1, 0.15) is 23.8 Å². The van der Waals surface area contributed by atoms with Crippen molar-refractivity contribution >= 4 is 11.6 Å². The first-order valence-corrected chi connectivity index (χ1v) is 5.21. The van der Waals surface area contributed by atoms with Gasteiger partial charge < -0.3 is 15.8 Å². The molecule has 1 aromatic heterocycles. The van der Waals surface area contributed by atoms with E-state index in [0.717, 1.165) is 18.7 Å². The molecule has 16 heavy (non-hydrogen) atoms. The number of aromatic nitrogens is 1. The number of anilines is 1. The molecule has 86 valence electrons. The van der Waals surface area contributed by atoms with E-state index in [4.69, 9.17) is 10.5 Å². The van der Waals surface area contributed by atoms with E-state index in [1.165, 1.54) is 0 Å². The van der Waals surface area contributed by atoms with Crippen molar-refractivity contribution in [1.29, 1.82) is 0 Å². The van der Waals surface area contributed by atoms with Crippen molar-refractivity contribution in [3.63, 3.8) is 0 Å². The van der Waals surface area contributed by atoms with Gasteiger partial charge in [-0.25, -0.2) is 0 Å². The highest BCUT2D eigenvalue weighted by molar-refractivity contribution is 5.91. The fourth-order valence-corrected chi connectivity index (χ4v) is 1.76. The third kappa shape index (κ3) is 2.30. The predicted octanol–water partition coefficient (Wildman–Crippen LogP) is 0.771. The Morgan fingerprint density at radius 3 is 3.12 bits per heavy atom. The molecule has 1 aliphatic heterocycles. The molecule has 5 heteroatoms. The van der Waals surface area contributed by atoms with Gasteiger partial charge in [0.1, 0.15) is 5.69 Å². The van der Waals surface area contributed by atoms with E-state index in [9.17, 15) is 4.79 Å². The second-order valence-corrected chi connectivity index (χ2v) is 4.28. The van der Waals surface area contributed by atoms with Crippen LogP contribution < -0.4 is 11.1 Å². The number of pyridine rings is 1. The zero-order valence-corrected chi connectivity index (χ0v) is 9.19. The van der Waals surface area contributed by atoms with Gasteiger partial charge in [-0.05, 0) is 25.5 Å². The number of primary amides is 1. The van der Waals surface area contributed by atoms with E-state index in [1.54, 1.807) is 12.3 Å². The first kappa shape index (κ1) is 10.9. The van der Waals surface area contributed by atoms with Gasteiger partial charge in [0.2, 0.25) is 0 Å². The van der Waals surface area contributed by atoms with Crippen molar-refractivity contribution in [2.24, 2.45) is 5.73 Å². The molecular weight excluding hydrogens is 206 g/mol. The number of hydrogen-bond donors (Lipinski definition) is 2. The maximum Gasteiger partial charge on any atom is 0.267 e. The molecule has 2 rings (SSSR count). The van der Waals surface area contributed by atoms with Gasteiger partial charge in [0.05, 0.1) is 12.1 Å². The summed E-state index contributed by atoms with van der Waals surface area (Å²) in [4.78, 5) is 14.9. The molecule has 1 amide bonds. The Morgan fingerprint density at radius 1 is 1.69 bits per heavy atom. The summed E-state index contributed by atoms with van der Waals surface area (Å²) < 4.78 is 5.34. The molecule has 1 aromatic rings. The molecule has 1 aliphatic rings. The van der Waals surface area contributed by atoms with Crippen molar-refractivity contribution in [2.45, 2.75) is 18.9 Å². The number of carbonyl (C=O) groups excluding carboxylic acids is 1. The van der Waals surface area contributed by atoms with Crippen molar-refractivity contribution in [2.75, 3.05) is 18.5 Å². The molecule has 1 saturated heterocycles. The summed E-state index contributed by atoms with van der Waals surface area (Å²) in [5, 5.41) is 3.34. The minimum absolute atomic E-state index is 0.0731. The number of ether oxygens (including phenoxy) is 1.